The Morgan fingerprint density at radius 2 is 1.96 bits per heavy atom. The van der Waals surface area contributed by atoms with E-state index in [9.17, 15) is 0 Å². The Bertz CT molecular complexity index is 989. The zero-order valence-electron chi connectivity index (χ0n) is 12.9. The molecular formula is C17H16N6. The molecule has 2 aromatic carbocycles. The number of fused-ring (bicyclic) bond motifs is 2. The van der Waals surface area contributed by atoms with Gasteiger partial charge in [0.05, 0.1) is 17.2 Å². The summed E-state index contributed by atoms with van der Waals surface area (Å²) in [4.78, 5) is 10.8. The maximum atomic E-state index is 4.41. The van der Waals surface area contributed by atoms with Gasteiger partial charge in [-0.25, -0.2) is 9.97 Å². The van der Waals surface area contributed by atoms with Crippen molar-refractivity contribution in [3.8, 4) is 0 Å². The average molecular weight is 304 g/mol. The Labute approximate surface area is 133 Å². The quantitative estimate of drug-likeness (QED) is 0.607. The Morgan fingerprint density at radius 3 is 2.83 bits per heavy atom. The van der Waals surface area contributed by atoms with Crippen molar-refractivity contribution in [2.24, 2.45) is 0 Å². The fourth-order valence-electron chi connectivity index (χ4n) is 2.58. The smallest absolute Gasteiger partial charge is 0.141 e. The number of benzene rings is 2. The van der Waals surface area contributed by atoms with Gasteiger partial charge in [-0.3, -0.25) is 5.10 Å². The lowest BCUT2D eigenvalue weighted by Gasteiger charge is -2.14. The number of rotatable bonds is 3. The maximum Gasteiger partial charge on any atom is 0.141 e. The second-order valence-corrected chi connectivity index (χ2v) is 5.62. The zero-order valence-corrected chi connectivity index (χ0v) is 12.9. The summed E-state index contributed by atoms with van der Waals surface area (Å²) < 4.78 is 0. The third kappa shape index (κ3) is 2.44. The largest absolute Gasteiger partial charge is 0.378 e. The first-order valence-corrected chi connectivity index (χ1v) is 7.33. The van der Waals surface area contributed by atoms with E-state index in [1.54, 1.807) is 6.33 Å². The molecule has 0 atom stereocenters. The van der Waals surface area contributed by atoms with Gasteiger partial charge in [0, 0.05) is 36.2 Å². The van der Waals surface area contributed by atoms with Gasteiger partial charge in [0.25, 0.3) is 0 Å². The van der Waals surface area contributed by atoms with Crippen LogP contribution in [0.2, 0.25) is 0 Å². The molecule has 0 aliphatic carbocycles. The summed E-state index contributed by atoms with van der Waals surface area (Å²) in [5.41, 5.74) is 4.00. The Kier molecular flexibility index (Phi) is 3.08. The highest BCUT2D eigenvalue weighted by Gasteiger charge is 2.07. The van der Waals surface area contributed by atoms with Crippen molar-refractivity contribution in [1.82, 2.24) is 20.2 Å². The lowest BCUT2D eigenvalue weighted by molar-refractivity contribution is 1.12. The normalized spacial score (nSPS) is 11.0. The average Bonchev–Trinajstić information content (AvgIpc) is 3.02. The number of aromatic amines is 1. The number of nitrogens with one attached hydrogen (secondary N) is 2. The number of nitrogens with zero attached hydrogens (tertiary/aromatic N) is 4. The first kappa shape index (κ1) is 13.5. The topological polar surface area (TPSA) is 69.7 Å². The van der Waals surface area contributed by atoms with Gasteiger partial charge >= 0.3 is 0 Å². The van der Waals surface area contributed by atoms with Gasteiger partial charge in [-0.15, -0.1) is 0 Å². The van der Waals surface area contributed by atoms with Gasteiger partial charge in [-0.1, -0.05) is 0 Å². The van der Waals surface area contributed by atoms with Crippen molar-refractivity contribution in [1.29, 1.82) is 0 Å². The SMILES string of the molecule is CN(C)c1ccc2ncnc(Nc3ccc4[nH]ncc4c3)c2c1. The van der Waals surface area contributed by atoms with Gasteiger partial charge in [-0.05, 0) is 36.4 Å². The number of anilines is 3. The minimum atomic E-state index is 0.793. The minimum Gasteiger partial charge on any atom is -0.378 e. The van der Waals surface area contributed by atoms with Crippen LogP contribution < -0.4 is 10.2 Å². The van der Waals surface area contributed by atoms with E-state index in [0.717, 1.165) is 39.0 Å². The van der Waals surface area contributed by atoms with Crippen molar-refractivity contribution in [2.75, 3.05) is 24.3 Å². The molecule has 23 heavy (non-hydrogen) atoms. The summed E-state index contributed by atoms with van der Waals surface area (Å²) in [6.07, 6.45) is 3.39. The van der Waals surface area contributed by atoms with Crippen LogP contribution in [0.3, 0.4) is 0 Å². The van der Waals surface area contributed by atoms with Gasteiger partial charge in [0.15, 0.2) is 0 Å². The molecule has 0 unspecified atom stereocenters. The molecule has 6 heteroatoms. The predicted molar refractivity (Wildman–Crippen MR) is 93.2 cm³/mol. The van der Waals surface area contributed by atoms with E-state index < -0.39 is 0 Å². The second-order valence-electron chi connectivity index (χ2n) is 5.62. The molecule has 0 saturated heterocycles. The molecule has 2 heterocycles. The van der Waals surface area contributed by atoms with Gasteiger partial charge < -0.3 is 10.2 Å². The van der Waals surface area contributed by atoms with Crippen molar-refractivity contribution >= 4 is 39.0 Å². The molecule has 114 valence electrons. The Balaban J connectivity index is 1.79. The number of aromatic nitrogens is 4. The van der Waals surface area contributed by atoms with Crippen LogP contribution >= 0.6 is 0 Å². The number of H-pyrrole nitrogens is 1. The fourth-order valence-corrected chi connectivity index (χ4v) is 2.58. The van der Waals surface area contributed by atoms with E-state index >= 15 is 0 Å². The molecule has 4 rings (SSSR count). The molecule has 0 aliphatic rings. The van der Waals surface area contributed by atoms with Crippen molar-refractivity contribution < 1.29 is 0 Å². The van der Waals surface area contributed by atoms with Gasteiger partial charge in [-0.2, -0.15) is 5.10 Å². The van der Waals surface area contributed by atoms with Crippen LogP contribution in [0, 0.1) is 0 Å². The highest BCUT2D eigenvalue weighted by Crippen LogP contribution is 2.27. The standard InChI is InChI=1S/C17H16N6/c1-23(2)13-4-6-16-14(8-13)17(19-10-18-16)21-12-3-5-15-11(7-12)9-20-22-15/h3-10H,1-2H3,(H,20,22)(H,18,19,21). The van der Waals surface area contributed by atoms with Gasteiger partial charge in [0.2, 0.25) is 0 Å². The molecule has 4 aromatic rings. The van der Waals surface area contributed by atoms with Crippen molar-refractivity contribution in [2.45, 2.75) is 0 Å². The number of hydrogen-bond acceptors (Lipinski definition) is 5. The highest BCUT2D eigenvalue weighted by atomic mass is 15.1. The maximum absolute atomic E-state index is 4.41. The van der Waals surface area contributed by atoms with E-state index in [4.69, 9.17) is 0 Å². The van der Waals surface area contributed by atoms with Crippen molar-refractivity contribution in [3.63, 3.8) is 0 Å². The third-order valence-corrected chi connectivity index (χ3v) is 3.84. The minimum absolute atomic E-state index is 0.793. The Morgan fingerprint density at radius 1 is 1.04 bits per heavy atom. The summed E-state index contributed by atoms with van der Waals surface area (Å²) in [6.45, 7) is 0. The van der Waals surface area contributed by atoms with Crippen LogP contribution in [-0.2, 0) is 0 Å². The molecule has 0 amide bonds. The summed E-state index contributed by atoms with van der Waals surface area (Å²) in [5.74, 6) is 0.793. The number of hydrogen-bond donors (Lipinski definition) is 2. The predicted octanol–water partition coefficient (Wildman–Crippen LogP) is 3.32. The van der Waals surface area contributed by atoms with Crippen molar-refractivity contribution in [3.05, 3.63) is 48.9 Å². The lowest BCUT2D eigenvalue weighted by Crippen LogP contribution is -2.08. The molecule has 2 N–H and O–H groups in total. The summed E-state index contributed by atoms with van der Waals surface area (Å²) in [5, 5.41) is 12.4. The second kappa shape index (κ2) is 5.24. The van der Waals surface area contributed by atoms with E-state index in [0.29, 0.717) is 0 Å². The molecule has 0 fully saturated rings. The monoisotopic (exact) mass is 304 g/mol. The summed E-state index contributed by atoms with van der Waals surface area (Å²) in [7, 11) is 4.04. The zero-order chi connectivity index (χ0) is 15.8. The molecule has 6 nitrogen and oxygen atoms in total. The van der Waals surface area contributed by atoms with Crippen LogP contribution in [0.25, 0.3) is 21.8 Å². The molecule has 2 aromatic heterocycles. The van der Waals surface area contributed by atoms with Crippen LogP contribution in [0.1, 0.15) is 0 Å². The van der Waals surface area contributed by atoms with Crippen LogP contribution in [0.4, 0.5) is 17.2 Å². The van der Waals surface area contributed by atoms with Crippen LogP contribution in [0.5, 0.6) is 0 Å². The first-order valence-electron chi connectivity index (χ1n) is 7.33. The molecule has 0 bridgehead atoms. The van der Waals surface area contributed by atoms with E-state index in [2.05, 4.69) is 42.5 Å². The summed E-state index contributed by atoms with van der Waals surface area (Å²) in [6, 6.07) is 12.2. The van der Waals surface area contributed by atoms with Crippen LogP contribution in [0.15, 0.2) is 48.9 Å². The fraction of sp³-hybridized carbons (Fsp3) is 0.118. The lowest BCUT2D eigenvalue weighted by atomic mass is 10.2. The first-order chi connectivity index (χ1) is 11.2. The van der Waals surface area contributed by atoms with Gasteiger partial charge in [0.1, 0.15) is 12.1 Å². The van der Waals surface area contributed by atoms with E-state index in [1.165, 1.54) is 0 Å². The summed E-state index contributed by atoms with van der Waals surface area (Å²) >= 11 is 0. The van der Waals surface area contributed by atoms with E-state index in [-0.39, 0.29) is 0 Å². The Hall–Kier alpha value is -3.15. The van der Waals surface area contributed by atoms with E-state index in [1.807, 2.05) is 44.6 Å². The third-order valence-electron chi connectivity index (χ3n) is 3.84. The highest BCUT2D eigenvalue weighted by molar-refractivity contribution is 5.93. The molecule has 0 aliphatic heterocycles. The molecule has 0 radical (unpaired) electrons. The molecule has 0 saturated carbocycles. The molecule has 0 spiro atoms. The van der Waals surface area contributed by atoms with Crippen LogP contribution in [-0.4, -0.2) is 34.3 Å². The molecular weight excluding hydrogens is 288 g/mol.